The summed E-state index contributed by atoms with van der Waals surface area (Å²) in [6, 6.07) is 0. The van der Waals surface area contributed by atoms with E-state index < -0.39 is 0 Å². The average molecular weight is 224 g/mol. The second kappa shape index (κ2) is 3.90. The first-order valence-electron chi connectivity index (χ1n) is 5.93. The molecular formula is C14H24O2. The zero-order chi connectivity index (χ0) is 12.7. The van der Waals surface area contributed by atoms with E-state index in [0.29, 0.717) is 5.92 Å². The Morgan fingerprint density at radius 3 is 2.12 bits per heavy atom. The van der Waals surface area contributed by atoms with Crippen molar-refractivity contribution in [2.45, 2.75) is 54.1 Å². The van der Waals surface area contributed by atoms with Crippen LogP contribution >= 0.6 is 0 Å². The molecule has 0 aromatic rings. The van der Waals surface area contributed by atoms with Gasteiger partial charge in [-0.3, -0.25) is 4.79 Å². The number of rotatable bonds is 2. The minimum absolute atomic E-state index is 0.0293. The molecule has 0 amide bonds. The van der Waals surface area contributed by atoms with Crippen LogP contribution in [0.2, 0.25) is 0 Å². The summed E-state index contributed by atoms with van der Waals surface area (Å²) in [7, 11) is 0. The number of carbonyl (C=O) groups excluding carboxylic acids is 1. The largest absolute Gasteiger partial charge is 0.460 e. The lowest BCUT2D eigenvalue weighted by Crippen LogP contribution is -2.26. The molecule has 92 valence electrons. The van der Waals surface area contributed by atoms with Crippen LogP contribution in [0.25, 0.3) is 0 Å². The first-order valence-corrected chi connectivity index (χ1v) is 5.93. The Balaban J connectivity index is 2.70. The van der Waals surface area contributed by atoms with Crippen molar-refractivity contribution in [3.63, 3.8) is 0 Å². The highest BCUT2D eigenvalue weighted by Crippen LogP contribution is 2.60. The molecule has 2 nitrogen and oxygen atoms in total. The van der Waals surface area contributed by atoms with Gasteiger partial charge in [-0.2, -0.15) is 0 Å². The molecule has 0 aromatic heterocycles. The Labute approximate surface area is 99.1 Å². The normalized spacial score (nSPS) is 27.2. The predicted octanol–water partition coefficient (Wildman–Crippen LogP) is 3.57. The van der Waals surface area contributed by atoms with Crippen LogP contribution in [0, 0.1) is 17.3 Å². The van der Waals surface area contributed by atoms with Gasteiger partial charge in [-0.15, -0.1) is 0 Å². The highest BCUT2D eigenvalue weighted by Gasteiger charge is 2.61. The van der Waals surface area contributed by atoms with Crippen LogP contribution in [0.4, 0.5) is 0 Å². The molecule has 16 heavy (non-hydrogen) atoms. The van der Waals surface area contributed by atoms with Gasteiger partial charge in [-0.1, -0.05) is 25.5 Å². The molecule has 1 aliphatic carbocycles. The molecule has 2 atom stereocenters. The van der Waals surface area contributed by atoms with Crippen LogP contribution in [-0.4, -0.2) is 11.6 Å². The van der Waals surface area contributed by atoms with E-state index in [4.69, 9.17) is 4.74 Å². The maximum atomic E-state index is 12.0. The summed E-state index contributed by atoms with van der Waals surface area (Å²) in [4.78, 5) is 12.0. The summed E-state index contributed by atoms with van der Waals surface area (Å²) in [5.41, 5.74) is 0.939. The zero-order valence-electron chi connectivity index (χ0n) is 11.5. The van der Waals surface area contributed by atoms with E-state index in [0.717, 1.165) is 0 Å². The van der Waals surface area contributed by atoms with Gasteiger partial charge in [0.25, 0.3) is 0 Å². The molecule has 1 fully saturated rings. The Hall–Kier alpha value is -0.790. The molecule has 0 spiro atoms. The second-order valence-electron chi connectivity index (χ2n) is 6.60. The quantitative estimate of drug-likeness (QED) is 0.529. The lowest BCUT2D eigenvalue weighted by Gasteiger charge is -2.19. The smallest absolute Gasteiger partial charge is 0.310 e. The topological polar surface area (TPSA) is 26.3 Å². The number of carbonyl (C=O) groups is 1. The van der Waals surface area contributed by atoms with Crippen LogP contribution in [0.1, 0.15) is 48.5 Å². The fraction of sp³-hybridized carbons (Fsp3) is 0.786. The summed E-state index contributed by atoms with van der Waals surface area (Å²) in [6.45, 7) is 14.1. The van der Waals surface area contributed by atoms with Gasteiger partial charge >= 0.3 is 5.97 Å². The summed E-state index contributed by atoms with van der Waals surface area (Å²) in [6.07, 6.45) is 2.19. The molecule has 0 aliphatic heterocycles. The van der Waals surface area contributed by atoms with E-state index in [2.05, 4.69) is 33.8 Å². The van der Waals surface area contributed by atoms with Gasteiger partial charge in [0, 0.05) is 0 Å². The minimum atomic E-state index is -0.384. The molecule has 0 N–H and O–H groups in total. The molecule has 0 saturated heterocycles. The van der Waals surface area contributed by atoms with Crippen molar-refractivity contribution in [3.05, 3.63) is 11.6 Å². The summed E-state index contributed by atoms with van der Waals surface area (Å²) < 4.78 is 5.44. The van der Waals surface area contributed by atoms with Gasteiger partial charge in [-0.25, -0.2) is 0 Å². The van der Waals surface area contributed by atoms with Gasteiger partial charge < -0.3 is 4.74 Å². The Morgan fingerprint density at radius 1 is 1.25 bits per heavy atom. The number of esters is 1. The summed E-state index contributed by atoms with van der Waals surface area (Å²) in [5, 5.41) is 0. The van der Waals surface area contributed by atoms with Crippen LogP contribution in [0.15, 0.2) is 11.6 Å². The molecule has 0 heterocycles. The first kappa shape index (κ1) is 13.3. The molecule has 0 bridgehead atoms. The maximum absolute atomic E-state index is 12.0. The first-order chi connectivity index (χ1) is 7.05. The van der Waals surface area contributed by atoms with Crippen LogP contribution in [0.5, 0.6) is 0 Å². The van der Waals surface area contributed by atoms with Crippen molar-refractivity contribution in [2.75, 3.05) is 0 Å². The fourth-order valence-electron chi connectivity index (χ4n) is 2.16. The molecular weight excluding hydrogens is 200 g/mol. The van der Waals surface area contributed by atoms with Crippen molar-refractivity contribution in [3.8, 4) is 0 Å². The molecule has 0 unspecified atom stereocenters. The van der Waals surface area contributed by atoms with E-state index in [9.17, 15) is 4.79 Å². The summed E-state index contributed by atoms with van der Waals surface area (Å²) >= 11 is 0. The molecule has 0 aromatic carbocycles. The standard InChI is InChI=1S/C14H24O2/c1-9(2)8-10-11(14(10,6)7)12(15)16-13(3,4)5/h8,10-11H,1-7H3/t10-,11-/m1/s1. The highest BCUT2D eigenvalue weighted by atomic mass is 16.6. The zero-order valence-corrected chi connectivity index (χ0v) is 11.5. The van der Waals surface area contributed by atoms with E-state index in [1.807, 2.05) is 20.8 Å². The van der Waals surface area contributed by atoms with E-state index in [-0.39, 0.29) is 22.9 Å². The Kier molecular flexibility index (Phi) is 3.24. The molecule has 1 aliphatic rings. The van der Waals surface area contributed by atoms with E-state index >= 15 is 0 Å². The number of hydrogen-bond donors (Lipinski definition) is 0. The lowest BCUT2D eigenvalue weighted by molar-refractivity contribution is -0.157. The number of allylic oxidation sites excluding steroid dienone is 2. The van der Waals surface area contributed by atoms with E-state index in [1.165, 1.54) is 5.57 Å². The fourth-order valence-corrected chi connectivity index (χ4v) is 2.16. The SMILES string of the molecule is CC(C)=C[C@@H]1[C@H](C(=O)OC(C)(C)C)C1(C)C. The number of hydrogen-bond acceptors (Lipinski definition) is 2. The predicted molar refractivity (Wildman–Crippen MR) is 66.0 cm³/mol. The Morgan fingerprint density at radius 2 is 1.75 bits per heavy atom. The van der Waals surface area contributed by atoms with Gasteiger partial charge in [0.15, 0.2) is 0 Å². The molecule has 1 rings (SSSR count). The van der Waals surface area contributed by atoms with Crippen molar-refractivity contribution < 1.29 is 9.53 Å². The lowest BCUT2D eigenvalue weighted by atomic mass is 10.1. The molecule has 0 radical (unpaired) electrons. The van der Waals surface area contributed by atoms with Gasteiger partial charge in [0.1, 0.15) is 5.60 Å². The third kappa shape index (κ3) is 2.87. The monoisotopic (exact) mass is 224 g/mol. The van der Waals surface area contributed by atoms with Gasteiger partial charge in [-0.05, 0) is 46.0 Å². The average Bonchev–Trinajstić information content (AvgIpc) is 2.47. The van der Waals surface area contributed by atoms with Gasteiger partial charge in [0.05, 0.1) is 5.92 Å². The molecule has 1 saturated carbocycles. The van der Waals surface area contributed by atoms with Crippen LogP contribution in [-0.2, 0) is 9.53 Å². The van der Waals surface area contributed by atoms with Gasteiger partial charge in [0.2, 0.25) is 0 Å². The van der Waals surface area contributed by atoms with Crippen molar-refractivity contribution in [2.24, 2.45) is 17.3 Å². The van der Waals surface area contributed by atoms with Crippen molar-refractivity contribution in [1.82, 2.24) is 0 Å². The number of ether oxygens (including phenoxy) is 1. The van der Waals surface area contributed by atoms with Crippen LogP contribution < -0.4 is 0 Å². The maximum Gasteiger partial charge on any atom is 0.310 e. The summed E-state index contributed by atoms with van der Waals surface area (Å²) in [5.74, 6) is 0.314. The van der Waals surface area contributed by atoms with Crippen molar-refractivity contribution >= 4 is 5.97 Å². The minimum Gasteiger partial charge on any atom is -0.460 e. The Bertz CT molecular complexity index is 314. The van der Waals surface area contributed by atoms with E-state index in [1.54, 1.807) is 0 Å². The third-order valence-corrected chi connectivity index (χ3v) is 3.08. The second-order valence-corrected chi connectivity index (χ2v) is 6.60. The van der Waals surface area contributed by atoms with Crippen molar-refractivity contribution in [1.29, 1.82) is 0 Å². The third-order valence-electron chi connectivity index (χ3n) is 3.08. The van der Waals surface area contributed by atoms with Crippen LogP contribution in [0.3, 0.4) is 0 Å². The molecule has 2 heteroatoms. The highest BCUT2D eigenvalue weighted by molar-refractivity contribution is 5.78.